The van der Waals surface area contributed by atoms with Crippen LogP contribution in [0.25, 0.3) is 0 Å². The number of hydrogen-bond acceptors (Lipinski definition) is 5. The molecule has 1 saturated heterocycles. The number of carbonyl (C=O) groups is 1. The molecule has 1 N–H and O–H groups in total. The summed E-state index contributed by atoms with van der Waals surface area (Å²) in [6.07, 6.45) is 1.76. The largest absolute Gasteiger partial charge is 0.461 e. The van der Waals surface area contributed by atoms with Crippen LogP contribution in [0.2, 0.25) is 0 Å². The Hall–Kier alpha value is -1.38. The monoisotopic (exact) mass is 372 g/mol. The van der Waals surface area contributed by atoms with Gasteiger partial charge in [0.2, 0.25) is 10.0 Å². The first-order chi connectivity index (χ1) is 11.8. The molecule has 1 aliphatic rings. The molecule has 0 aromatic carbocycles. The van der Waals surface area contributed by atoms with Crippen LogP contribution in [0.5, 0.6) is 0 Å². The second kappa shape index (κ2) is 8.33. The van der Waals surface area contributed by atoms with Gasteiger partial charge in [0.25, 0.3) is 0 Å². The maximum absolute atomic E-state index is 12.5. The molecular weight excluding hydrogens is 344 g/mol. The molecule has 0 amide bonds. The summed E-state index contributed by atoms with van der Waals surface area (Å²) in [5.41, 5.74) is 2.72. The standard InChI is InChI=1S/C17H28N2O5S/c1-5-23-17(20)16-12(3)15(13(4)18-16)11-19(25(21,22)6-2)10-14-8-7-9-24-14/h14,18H,5-11H2,1-4H3/t14-/m0/s1. The maximum atomic E-state index is 12.5. The molecule has 0 unspecified atom stereocenters. The van der Waals surface area contributed by atoms with E-state index in [1.807, 2.05) is 13.8 Å². The van der Waals surface area contributed by atoms with Crippen LogP contribution in [0.4, 0.5) is 0 Å². The number of nitrogens with zero attached hydrogens (tertiary/aromatic N) is 1. The topological polar surface area (TPSA) is 88.7 Å². The smallest absolute Gasteiger partial charge is 0.355 e. The van der Waals surface area contributed by atoms with Gasteiger partial charge in [-0.25, -0.2) is 13.2 Å². The van der Waals surface area contributed by atoms with Crippen molar-refractivity contribution >= 4 is 16.0 Å². The molecule has 0 aliphatic carbocycles. The zero-order chi connectivity index (χ0) is 18.6. The minimum Gasteiger partial charge on any atom is -0.461 e. The first kappa shape index (κ1) is 19.9. The van der Waals surface area contributed by atoms with E-state index in [2.05, 4.69) is 4.98 Å². The van der Waals surface area contributed by atoms with Crippen molar-refractivity contribution in [3.63, 3.8) is 0 Å². The van der Waals surface area contributed by atoms with Crippen LogP contribution in [0.3, 0.4) is 0 Å². The molecule has 1 aromatic rings. The lowest BCUT2D eigenvalue weighted by atomic mass is 10.1. The number of rotatable bonds is 8. The van der Waals surface area contributed by atoms with E-state index in [9.17, 15) is 13.2 Å². The number of ether oxygens (including phenoxy) is 2. The van der Waals surface area contributed by atoms with E-state index in [-0.39, 0.29) is 18.4 Å². The fraction of sp³-hybridized carbons (Fsp3) is 0.706. The lowest BCUT2D eigenvalue weighted by molar-refractivity contribution is 0.0519. The molecule has 7 nitrogen and oxygen atoms in total. The van der Waals surface area contributed by atoms with Crippen molar-refractivity contribution in [1.82, 2.24) is 9.29 Å². The van der Waals surface area contributed by atoms with E-state index < -0.39 is 16.0 Å². The Bertz CT molecular complexity index is 705. The highest BCUT2D eigenvalue weighted by molar-refractivity contribution is 7.89. The van der Waals surface area contributed by atoms with Crippen molar-refractivity contribution in [3.05, 3.63) is 22.5 Å². The van der Waals surface area contributed by atoms with Crippen molar-refractivity contribution in [2.45, 2.75) is 53.2 Å². The molecule has 8 heteroatoms. The lowest BCUT2D eigenvalue weighted by Crippen LogP contribution is -2.38. The lowest BCUT2D eigenvalue weighted by Gasteiger charge is -2.24. The molecular formula is C17H28N2O5S. The fourth-order valence-electron chi connectivity index (χ4n) is 3.08. The van der Waals surface area contributed by atoms with Crippen molar-refractivity contribution < 1.29 is 22.7 Å². The summed E-state index contributed by atoms with van der Waals surface area (Å²) in [7, 11) is -3.38. The predicted molar refractivity (Wildman–Crippen MR) is 95.1 cm³/mol. The van der Waals surface area contributed by atoms with Crippen LogP contribution in [0, 0.1) is 13.8 Å². The van der Waals surface area contributed by atoms with Crippen LogP contribution in [0.1, 0.15) is 54.0 Å². The molecule has 0 bridgehead atoms. The van der Waals surface area contributed by atoms with Gasteiger partial charge in [0.1, 0.15) is 5.69 Å². The van der Waals surface area contributed by atoms with E-state index in [0.717, 1.165) is 29.7 Å². The van der Waals surface area contributed by atoms with E-state index in [1.54, 1.807) is 13.8 Å². The highest BCUT2D eigenvalue weighted by atomic mass is 32.2. The quantitative estimate of drug-likeness (QED) is 0.706. The Kier molecular flexibility index (Phi) is 6.65. The third-order valence-electron chi connectivity index (χ3n) is 4.60. The number of aromatic nitrogens is 1. The van der Waals surface area contributed by atoms with Crippen LogP contribution in [0.15, 0.2) is 0 Å². The normalized spacial score (nSPS) is 18.0. The van der Waals surface area contributed by atoms with Gasteiger partial charge in [-0.05, 0) is 51.7 Å². The summed E-state index contributed by atoms with van der Waals surface area (Å²) in [6.45, 7) is 8.58. The Morgan fingerprint density at radius 3 is 2.64 bits per heavy atom. The zero-order valence-corrected chi connectivity index (χ0v) is 16.2. The number of sulfonamides is 1. The molecule has 1 fully saturated rings. The van der Waals surface area contributed by atoms with E-state index in [1.165, 1.54) is 4.31 Å². The molecule has 0 saturated carbocycles. The number of nitrogens with one attached hydrogen (secondary N) is 1. The van der Waals surface area contributed by atoms with E-state index in [0.29, 0.717) is 25.5 Å². The van der Waals surface area contributed by atoms with Gasteiger partial charge in [-0.3, -0.25) is 0 Å². The minimum absolute atomic E-state index is 0.0347. The molecule has 2 heterocycles. The molecule has 1 aliphatic heterocycles. The summed E-state index contributed by atoms with van der Waals surface area (Å²) in [5.74, 6) is -0.383. The van der Waals surface area contributed by atoms with Gasteiger partial charge in [0.05, 0.1) is 18.5 Å². The minimum atomic E-state index is -3.38. The van der Waals surface area contributed by atoms with E-state index in [4.69, 9.17) is 9.47 Å². The van der Waals surface area contributed by atoms with Gasteiger partial charge < -0.3 is 14.5 Å². The van der Waals surface area contributed by atoms with Gasteiger partial charge in [0.15, 0.2) is 0 Å². The molecule has 0 radical (unpaired) electrons. The summed E-state index contributed by atoms with van der Waals surface area (Å²) in [4.78, 5) is 15.1. The van der Waals surface area contributed by atoms with Gasteiger partial charge in [-0.15, -0.1) is 0 Å². The van der Waals surface area contributed by atoms with E-state index >= 15 is 0 Å². The van der Waals surface area contributed by atoms with Crippen molar-refractivity contribution in [2.75, 3.05) is 25.5 Å². The number of H-pyrrole nitrogens is 1. The third kappa shape index (κ3) is 4.62. The van der Waals surface area contributed by atoms with Gasteiger partial charge in [-0.2, -0.15) is 4.31 Å². The average molecular weight is 372 g/mol. The summed E-state index contributed by atoms with van der Waals surface area (Å²) in [5, 5.41) is 0. The molecule has 2 rings (SSSR count). The number of aromatic amines is 1. The van der Waals surface area contributed by atoms with Crippen LogP contribution < -0.4 is 0 Å². The highest BCUT2D eigenvalue weighted by Gasteiger charge is 2.29. The van der Waals surface area contributed by atoms with Crippen molar-refractivity contribution in [3.8, 4) is 0 Å². The Morgan fingerprint density at radius 2 is 2.08 bits per heavy atom. The van der Waals surface area contributed by atoms with Crippen molar-refractivity contribution in [1.29, 1.82) is 0 Å². The fourth-order valence-corrected chi connectivity index (χ4v) is 4.17. The molecule has 1 aromatic heterocycles. The van der Waals surface area contributed by atoms with Crippen molar-refractivity contribution in [2.24, 2.45) is 0 Å². The molecule has 142 valence electrons. The highest BCUT2D eigenvalue weighted by Crippen LogP contribution is 2.24. The first-order valence-corrected chi connectivity index (χ1v) is 10.4. The zero-order valence-electron chi connectivity index (χ0n) is 15.4. The second-order valence-electron chi connectivity index (χ2n) is 6.28. The number of esters is 1. The van der Waals surface area contributed by atoms with Gasteiger partial charge >= 0.3 is 5.97 Å². The SMILES string of the molecule is CCOC(=O)c1[nH]c(C)c(CN(C[C@@H]2CCCO2)S(=O)(=O)CC)c1C. The average Bonchev–Trinajstić information content (AvgIpc) is 3.17. The molecule has 1 atom stereocenters. The molecule has 25 heavy (non-hydrogen) atoms. The molecule has 0 spiro atoms. The van der Waals surface area contributed by atoms with Gasteiger partial charge in [-0.1, -0.05) is 0 Å². The summed E-state index contributed by atoms with van der Waals surface area (Å²) >= 11 is 0. The number of carbonyl (C=O) groups excluding carboxylic acids is 1. The van der Waals surface area contributed by atoms with Crippen LogP contribution in [-0.2, 0) is 26.0 Å². The maximum Gasteiger partial charge on any atom is 0.355 e. The summed E-state index contributed by atoms with van der Waals surface area (Å²) < 4.78 is 37.2. The van der Waals surface area contributed by atoms with Crippen LogP contribution >= 0.6 is 0 Å². The first-order valence-electron chi connectivity index (χ1n) is 8.74. The third-order valence-corrected chi connectivity index (χ3v) is 6.39. The Balaban J connectivity index is 2.27. The second-order valence-corrected chi connectivity index (χ2v) is 8.53. The van der Waals surface area contributed by atoms with Gasteiger partial charge in [0, 0.05) is 25.4 Å². The Morgan fingerprint density at radius 1 is 1.36 bits per heavy atom. The Labute approximate surface area is 149 Å². The number of aryl methyl sites for hydroxylation is 1. The van der Waals surface area contributed by atoms with Crippen LogP contribution in [-0.4, -0.2) is 55.3 Å². The number of hydrogen-bond donors (Lipinski definition) is 1. The predicted octanol–water partition coefficient (Wildman–Crippen LogP) is 2.14. The summed E-state index contributed by atoms with van der Waals surface area (Å²) in [6, 6.07) is 0.